The molecule has 3 aromatic carbocycles. The molecule has 5 heteroatoms. The van der Waals surface area contributed by atoms with Gasteiger partial charge in [0.05, 0.1) is 6.54 Å². The predicted molar refractivity (Wildman–Crippen MR) is 121 cm³/mol. The van der Waals surface area contributed by atoms with Gasteiger partial charge in [-0.15, -0.1) is 0 Å². The zero-order chi connectivity index (χ0) is 21.9. The Kier molecular flexibility index (Phi) is 8.38. The Morgan fingerprint density at radius 1 is 0.839 bits per heavy atom. The molecule has 3 rings (SSSR count). The summed E-state index contributed by atoms with van der Waals surface area (Å²) < 4.78 is 5.95. The zero-order valence-electron chi connectivity index (χ0n) is 17.7. The minimum absolute atomic E-state index is 0.0514. The first-order valence-electron chi connectivity index (χ1n) is 10.5. The van der Waals surface area contributed by atoms with Gasteiger partial charge in [-0.1, -0.05) is 91.0 Å². The lowest BCUT2D eigenvalue weighted by molar-refractivity contribution is -0.134. The second-order valence-electron chi connectivity index (χ2n) is 7.18. The van der Waals surface area contributed by atoms with E-state index in [0.717, 1.165) is 16.7 Å². The largest absolute Gasteiger partial charge is 0.359 e. The highest BCUT2D eigenvalue weighted by atomic mass is 16.5. The number of likely N-dealkylation sites (N-methyl/N-ethyl adjacent to an activating group) is 1. The lowest BCUT2D eigenvalue weighted by Crippen LogP contribution is -2.41. The number of carbonyl (C=O) groups excluding carboxylic acids is 2. The van der Waals surface area contributed by atoms with Gasteiger partial charge in [0.25, 0.3) is 0 Å². The topological polar surface area (TPSA) is 58.6 Å². The van der Waals surface area contributed by atoms with E-state index in [1.54, 1.807) is 4.90 Å². The molecule has 1 N–H and O–H groups in total. The second-order valence-corrected chi connectivity index (χ2v) is 7.18. The van der Waals surface area contributed by atoms with Crippen molar-refractivity contribution in [3.8, 4) is 0 Å². The Hall–Kier alpha value is -3.44. The van der Waals surface area contributed by atoms with Crippen LogP contribution in [0.15, 0.2) is 91.0 Å². The van der Waals surface area contributed by atoms with Gasteiger partial charge in [-0.05, 0) is 23.6 Å². The van der Waals surface area contributed by atoms with Gasteiger partial charge in [0.15, 0.2) is 0 Å². The quantitative estimate of drug-likeness (QED) is 0.544. The van der Waals surface area contributed by atoms with Crippen molar-refractivity contribution in [1.29, 1.82) is 0 Å². The molecule has 5 nitrogen and oxygen atoms in total. The van der Waals surface area contributed by atoms with Gasteiger partial charge in [0.2, 0.25) is 11.8 Å². The Bertz CT molecular complexity index is 907. The van der Waals surface area contributed by atoms with Gasteiger partial charge < -0.3 is 15.0 Å². The van der Waals surface area contributed by atoms with E-state index >= 15 is 0 Å². The molecule has 160 valence electrons. The normalized spacial score (nSPS) is 10.6. The van der Waals surface area contributed by atoms with E-state index in [9.17, 15) is 9.59 Å². The fourth-order valence-corrected chi connectivity index (χ4v) is 3.32. The molecule has 0 spiro atoms. The summed E-state index contributed by atoms with van der Waals surface area (Å²) in [4.78, 5) is 26.6. The highest BCUT2D eigenvalue weighted by molar-refractivity contribution is 5.85. The standard InChI is InChI=1S/C26H28N2O3/c1-2-28(19-21-12-6-3-7-13-21)25(30)18-27-24(29)20-31-26(22-14-8-4-9-15-22)23-16-10-5-11-17-23/h3-17,26H,2,18-20H2,1H3,(H,27,29). The number of nitrogens with zero attached hydrogens (tertiary/aromatic N) is 1. The Morgan fingerprint density at radius 3 is 1.87 bits per heavy atom. The summed E-state index contributed by atoms with van der Waals surface area (Å²) in [5.41, 5.74) is 3.00. The predicted octanol–water partition coefficient (Wildman–Crippen LogP) is 3.96. The Labute approximate surface area is 183 Å². The molecule has 0 bridgehead atoms. The minimum Gasteiger partial charge on any atom is -0.359 e. The SMILES string of the molecule is CCN(Cc1ccccc1)C(=O)CNC(=O)COC(c1ccccc1)c1ccccc1. The molecule has 0 aliphatic heterocycles. The van der Waals surface area contributed by atoms with E-state index in [4.69, 9.17) is 4.74 Å². The number of hydrogen-bond acceptors (Lipinski definition) is 3. The molecule has 0 aliphatic rings. The molecular formula is C26H28N2O3. The van der Waals surface area contributed by atoms with E-state index < -0.39 is 0 Å². The van der Waals surface area contributed by atoms with Gasteiger partial charge in [0, 0.05) is 13.1 Å². The minimum atomic E-state index is -0.353. The maximum absolute atomic E-state index is 12.5. The van der Waals surface area contributed by atoms with Crippen molar-refractivity contribution in [3.63, 3.8) is 0 Å². The van der Waals surface area contributed by atoms with Crippen LogP contribution >= 0.6 is 0 Å². The average Bonchev–Trinajstić information content (AvgIpc) is 2.83. The first-order chi connectivity index (χ1) is 15.2. The fourth-order valence-electron chi connectivity index (χ4n) is 3.32. The highest BCUT2D eigenvalue weighted by Gasteiger charge is 2.17. The van der Waals surface area contributed by atoms with Crippen LogP contribution in [0.4, 0.5) is 0 Å². The van der Waals surface area contributed by atoms with E-state index in [1.165, 1.54) is 0 Å². The number of benzene rings is 3. The molecule has 0 saturated carbocycles. The van der Waals surface area contributed by atoms with Crippen molar-refractivity contribution >= 4 is 11.8 Å². The monoisotopic (exact) mass is 416 g/mol. The van der Waals surface area contributed by atoms with Crippen molar-refractivity contribution in [1.82, 2.24) is 10.2 Å². The summed E-state index contributed by atoms with van der Waals surface area (Å²) in [5.74, 6) is -0.441. The number of rotatable bonds is 10. The number of hydrogen-bond donors (Lipinski definition) is 1. The van der Waals surface area contributed by atoms with Crippen LogP contribution in [-0.2, 0) is 20.9 Å². The Balaban J connectivity index is 1.53. The van der Waals surface area contributed by atoms with Gasteiger partial charge in [0.1, 0.15) is 12.7 Å². The smallest absolute Gasteiger partial charge is 0.246 e. The molecule has 0 atom stereocenters. The van der Waals surface area contributed by atoms with E-state index in [0.29, 0.717) is 13.1 Å². The molecule has 2 amide bonds. The number of nitrogens with one attached hydrogen (secondary N) is 1. The van der Waals surface area contributed by atoms with Crippen LogP contribution in [0, 0.1) is 0 Å². The second kappa shape index (κ2) is 11.7. The van der Waals surface area contributed by atoms with Gasteiger partial charge in [-0.25, -0.2) is 0 Å². The molecule has 0 radical (unpaired) electrons. The van der Waals surface area contributed by atoms with Crippen LogP contribution in [0.25, 0.3) is 0 Å². The summed E-state index contributed by atoms with van der Waals surface area (Å²) >= 11 is 0. The van der Waals surface area contributed by atoms with Gasteiger partial charge in [-0.2, -0.15) is 0 Å². The third-order valence-corrected chi connectivity index (χ3v) is 4.97. The Morgan fingerprint density at radius 2 is 1.35 bits per heavy atom. The lowest BCUT2D eigenvalue weighted by atomic mass is 10.0. The third kappa shape index (κ3) is 6.79. The summed E-state index contributed by atoms with van der Waals surface area (Å²) in [6.45, 7) is 2.84. The van der Waals surface area contributed by atoms with Crippen molar-refractivity contribution in [2.45, 2.75) is 19.6 Å². The number of carbonyl (C=O) groups is 2. The summed E-state index contributed by atoms with van der Waals surface area (Å²) in [7, 11) is 0. The molecule has 0 aromatic heterocycles. The van der Waals surface area contributed by atoms with Crippen molar-refractivity contribution in [2.75, 3.05) is 19.7 Å². The lowest BCUT2D eigenvalue weighted by Gasteiger charge is -2.22. The van der Waals surface area contributed by atoms with Crippen molar-refractivity contribution < 1.29 is 14.3 Å². The van der Waals surface area contributed by atoms with Crippen molar-refractivity contribution in [3.05, 3.63) is 108 Å². The third-order valence-electron chi connectivity index (χ3n) is 4.97. The first-order valence-corrected chi connectivity index (χ1v) is 10.5. The zero-order valence-corrected chi connectivity index (χ0v) is 17.7. The molecule has 31 heavy (non-hydrogen) atoms. The molecule has 0 saturated heterocycles. The molecule has 0 fully saturated rings. The van der Waals surface area contributed by atoms with Gasteiger partial charge in [-0.3, -0.25) is 9.59 Å². The first kappa shape index (κ1) is 22.2. The van der Waals surface area contributed by atoms with Gasteiger partial charge >= 0.3 is 0 Å². The summed E-state index contributed by atoms with van der Waals surface area (Å²) in [6, 6.07) is 29.4. The van der Waals surface area contributed by atoms with Crippen LogP contribution in [-0.4, -0.2) is 36.4 Å². The van der Waals surface area contributed by atoms with E-state index in [2.05, 4.69) is 5.32 Å². The number of amides is 2. The highest BCUT2D eigenvalue weighted by Crippen LogP contribution is 2.25. The van der Waals surface area contributed by atoms with Crippen LogP contribution in [0.5, 0.6) is 0 Å². The van der Waals surface area contributed by atoms with E-state index in [1.807, 2.05) is 97.9 Å². The number of ether oxygens (including phenoxy) is 1. The summed E-state index contributed by atoms with van der Waals surface area (Å²) in [6.07, 6.45) is -0.353. The van der Waals surface area contributed by atoms with Crippen LogP contribution in [0.2, 0.25) is 0 Å². The fraction of sp³-hybridized carbons (Fsp3) is 0.231. The van der Waals surface area contributed by atoms with E-state index in [-0.39, 0.29) is 31.1 Å². The molecule has 0 unspecified atom stereocenters. The molecule has 3 aromatic rings. The molecular weight excluding hydrogens is 388 g/mol. The molecule has 0 aliphatic carbocycles. The molecule has 0 heterocycles. The maximum Gasteiger partial charge on any atom is 0.246 e. The van der Waals surface area contributed by atoms with Crippen molar-refractivity contribution in [2.24, 2.45) is 0 Å². The van der Waals surface area contributed by atoms with Crippen LogP contribution in [0.3, 0.4) is 0 Å². The maximum atomic E-state index is 12.5. The average molecular weight is 417 g/mol. The van der Waals surface area contributed by atoms with Crippen LogP contribution in [0.1, 0.15) is 29.7 Å². The summed E-state index contributed by atoms with van der Waals surface area (Å²) in [5, 5.41) is 2.69. The van der Waals surface area contributed by atoms with Crippen LogP contribution < -0.4 is 5.32 Å².